The summed E-state index contributed by atoms with van der Waals surface area (Å²) in [5, 5.41) is 11.6. The van der Waals surface area contributed by atoms with Crippen molar-refractivity contribution in [3.8, 4) is 6.07 Å². The number of esters is 1. The van der Waals surface area contributed by atoms with Crippen LogP contribution in [0.25, 0.3) is 0 Å². The van der Waals surface area contributed by atoms with Crippen molar-refractivity contribution in [2.75, 3.05) is 11.9 Å². The van der Waals surface area contributed by atoms with E-state index in [-0.39, 0.29) is 14.9 Å². The molecule has 2 aromatic carbocycles. The first-order valence-electron chi connectivity index (χ1n) is 8.07. The number of hydrogen-bond acceptors (Lipinski definition) is 6. The first kappa shape index (κ1) is 22.6. The van der Waals surface area contributed by atoms with Gasteiger partial charge in [0.05, 0.1) is 26.6 Å². The molecule has 1 unspecified atom stereocenters. The molecule has 0 bridgehead atoms. The van der Waals surface area contributed by atoms with E-state index >= 15 is 0 Å². The average Bonchev–Trinajstić information content (AvgIpc) is 2.68. The number of rotatable bonds is 7. The highest BCUT2D eigenvalue weighted by Crippen LogP contribution is 2.24. The number of benzene rings is 2. The van der Waals surface area contributed by atoms with Crippen LogP contribution in [0, 0.1) is 11.3 Å². The Balaban J connectivity index is 1.91. The Morgan fingerprint density at radius 3 is 2.55 bits per heavy atom. The van der Waals surface area contributed by atoms with Crippen molar-refractivity contribution in [1.29, 1.82) is 5.26 Å². The molecule has 0 aliphatic carbocycles. The molecular weight excluding hydrogens is 441 g/mol. The molecule has 1 amide bonds. The molecule has 2 aromatic rings. The van der Waals surface area contributed by atoms with Gasteiger partial charge in [-0.3, -0.25) is 9.59 Å². The monoisotopic (exact) mass is 455 g/mol. The minimum atomic E-state index is -4.03. The molecule has 0 aliphatic rings. The van der Waals surface area contributed by atoms with Gasteiger partial charge in [0.15, 0.2) is 6.10 Å². The summed E-state index contributed by atoms with van der Waals surface area (Å²) in [5.74, 6) is -1.59. The van der Waals surface area contributed by atoms with Crippen LogP contribution in [0.15, 0.2) is 47.4 Å². The van der Waals surface area contributed by atoms with E-state index in [1.807, 2.05) is 6.07 Å². The lowest BCUT2D eigenvalue weighted by Gasteiger charge is -2.14. The number of nitriles is 1. The Bertz CT molecular complexity index is 1080. The molecule has 1 atom stereocenters. The number of hydrogen-bond donors (Lipinski definition) is 2. The number of nitrogens with one attached hydrogen (secondary N) is 2. The van der Waals surface area contributed by atoms with Crippen LogP contribution >= 0.6 is 23.2 Å². The first-order chi connectivity index (χ1) is 13.6. The predicted octanol–water partition coefficient (Wildman–Crippen LogP) is 2.71. The number of sulfonamides is 1. The van der Waals surface area contributed by atoms with Crippen LogP contribution in [-0.2, 0) is 24.3 Å². The van der Waals surface area contributed by atoms with Crippen LogP contribution in [0.2, 0.25) is 10.0 Å². The van der Waals surface area contributed by atoms with Crippen LogP contribution in [0.4, 0.5) is 5.69 Å². The third-order valence-electron chi connectivity index (χ3n) is 3.54. The summed E-state index contributed by atoms with van der Waals surface area (Å²) in [5.41, 5.74) is 0.710. The number of ether oxygens (including phenoxy) is 1. The zero-order valence-corrected chi connectivity index (χ0v) is 17.3. The van der Waals surface area contributed by atoms with Crippen molar-refractivity contribution in [3.05, 3.63) is 58.1 Å². The van der Waals surface area contributed by atoms with Crippen LogP contribution in [0.5, 0.6) is 0 Å². The van der Waals surface area contributed by atoms with E-state index in [2.05, 4.69) is 10.0 Å². The van der Waals surface area contributed by atoms with Crippen LogP contribution in [0.1, 0.15) is 12.5 Å². The zero-order chi connectivity index (χ0) is 21.6. The van der Waals surface area contributed by atoms with E-state index in [1.165, 1.54) is 25.1 Å². The summed E-state index contributed by atoms with van der Waals surface area (Å²) in [6.45, 7) is 0.638. The molecule has 0 saturated carbocycles. The fourth-order valence-corrected chi connectivity index (χ4v) is 3.44. The molecular formula is C18H15Cl2N3O5S. The van der Waals surface area contributed by atoms with Crippen LogP contribution in [-0.4, -0.2) is 32.9 Å². The van der Waals surface area contributed by atoms with Gasteiger partial charge in [0.1, 0.15) is 6.54 Å². The highest BCUT2D eigenvalue weighted by molar-refractivity contribution is 7.89. The maximum absolute atomic E-state index is 12.2. The van der Waals surface area contributed by atoms with Gasteiger partial charge in [-0.25, -0.2) is 8.42 Å². The van der Waals surface area contributed by atoms with E-state index < -0.39 is 34.5 Å². The number of anilines is 1. The molecule has 0 heterocycles. The highest BCUT2D eigenvalue weighted by atomic mass is 35.5. The van der Waals surface area contributed by atoms with Gasteiger partial charge in [-0.15, -0.1) is 0 Å². The van der Waals surface area contributed by atoms with Crippen molar-refractivity contribution in [2.24, 2.45) is 0 Å². The summed E-state index contributed by atoms with van der Waals surface area (Å²) >= 11 is 11.5. The molecule has 11 heteroatoms. The number of nitrogens with zero attached hydrogens (tertiary/aromatic N) is 1. The molecule has 2 rings (SSSR count). The Kier molecular flexibility index (Phi) is 7.59. The number of carbonyl (C=O) groups is 2. The van der Waals surface area contributed by atoms with Gasteiger partial charge < -0.3 is 10.1 Å². The molecule has 152 valence electrons. The number of halogens is 2. The third-order valence-corrected chi connectivity index (χ3v) is 5.68. The molecule has 0 fully saturated rings. The normalized spacial score (nSPS) is 11.9. The van der Waals surface area contributed by atoms with Gasteiger partial charge >= 0.3 is 5.97 Å². The van der Waals surface area contributed by atoms with Crippen molar-refractivity contribution < 1.29 is 22.7 Å². The van der Waals surface area contributed by atoms with Crippen molar-refractivity contribution in [3.63, 3.8) is 0 Å². The largest absolute Gasteiger partial charge is 0.452 e. The van der Waals surface area contributed by atoms with Gasteiger partial charge in [-0.2, -0.15) is 9.98 Å². The van der Waals surface area contributed by atoms with Crippen LogP contribution in [0.3, 0.4) is 0 Å². The SMILES string of the molecule is CC(OC(=O)CNS(=O)(=O)c1ccc(Cl)c(Cl)c1)C(=O)Nc1cccc(C#N)c1. The zero-order valence-electron chi connectivity index (χ0n) is 15.0. The molecule has 0 aliphatic heterocycles. The molecule has 2 N–H and O–H groups in total. The van der Waals surface area contributed by atoms with Gasteiger partial charge in [0.2, 0.25) is 10.0 Å². The fraction of sp³-hybridized carbons (Fsp3) is 0.167. The Morgan fingerprint density at radius 1 is 1.17 bits per heavy atom. The standard InChI is InChI=1S/C18H15Cl2N3O5S/c1-11(18(25)23-13-4-2-3-12(7-13)9-21)28-17(24)10-22-29(26,27)14-5-6-15(19)16(20)8-14/h2-8,11,22H,10H2,1H3,(H,23,25). The van der Waals surface area contributed by atoms with Gasteiger partial charge in [0, 0.05) is 5.69 Å². The smallest absolute Gasteiger partial charge is 0.321 e. The maximum atomic E-state index is 12.2. The third kappa shape index (κ3) is 6.44. The second-order valence-electron chi connectivity index (χ2n) is 5.71. The van der Waals surface area contributed by atoms with E-state index in [4.69, 9.17) is 33.2 Å². The molecule has 0 aromatic heterocycles. The number of carbonyl (C=O) groups excluding carboxylic acids is 2. The van der Waals surface area contributed by atoms with Crippen molar-refractivity contribution in [2.45, 2.75) is 17.9 Å². The maximum Gasteiger partial charge on any atom is 0.321 e. The van der Waals surface area contributed by atoms with Crippen molar-refractivity contribution in [1.82, 2.24) is 4.72 Å². The summed E-state index contributed by atoms with van der Waals surface area (Å²) < 4.78 is 31.4. The fourth-order valence-electron chi connectivity index (χ4n) is 2.08. The summed E-state index contributed by atoms with van der Waals surface area (Å²) in [6.07, 6.45) is -1.19. The van der Waals surface area contributed by atoms with Gasteiger partial charge in [-0.1, -0.05) is 29.3 Å². The minimum absolute atomic E-state index is 0.0443. The van der Waals surface area contributed by atoms with Crippen LogP contribution < -0.4 is 10.0 Å². The topological polar surface area (TPSA) is 125 Å². The Hall–Kier alpha value is -2.64. The second-order valence-corrected chi connectivity index (χ2v) is 8.30. The summed E-state index contributed by atoms with van der Waals surface area (Å²) in [7, 11) is -4.03. The molecule has 29 heavy (non-hydrogen) atoms. The highest BCUT2D eigenvalue weighted by Gasteiger charge is 2.21. The molecule has 0 spiro atoms. The average molecular weight is 456 g/mol. The number of amides is 1. The lowest BCUT2D eigenvalue weighted by atomic mass is 10.2. The first-order valence-corrected chi connectivity index (χ1v) is 10.3. The van der Waals surface area contributed by atoms with E-state index in [1.54, 1.807) is 18.2 Å². The lowest BCUT2D eigenvalue weighted by Crippen LogP contribution is -2.35. The van der Waals surface area contributed by atoms with Gasteiger partial charge in [-0.05, 0) is 43.3 Å². The van der Waals surface area contributed by atoms with Crippen molar-refractivity contribution >= 4 is 50.8 Å². The molecule has 8 nitrogen and oxygen atoms in total. The Labute approximate surface area is 177 Å². The predicted molar refractivity (Wildman–Crippen MR) is 107 cm³/mol. The summed E-state index contributed by atoms with van der Waals surface area (Å²) in [4.78, 5) is 23.8. The summed E-state index contributed by atoms with van der Waals surface area (Å²) in [6, 6.07) is 11.8. The Morgan fingerprint density at radius 2 is 1.90 bits per heavy atom. The molecule has 0 saturated heterocycles. The van der Waals surface area contributed by atoms with Gasteiger partial charge in [0.25, 0.3) is 5.91 Å². The van der Waals surface area contributed by atoms with E-state index in [0.29, 0.717) is 11.3 Å². The van der Waals surface area contributed by atoms with E-state index in [9.17, 15) is 18.0 Å². The van der Waals surface area contributed by atoms with E-state index in [0.717, 1.165) is 6.07 Å². The quantitative estimate of drug-likeness (QED) is 0.618. The molecule has 0 radical (unpaired) electrons. The minimum Gasteiger partial charge on any atom is -0.452 e. The second kappa shape index (κ2) is 9.71. The lowest BCUT2D eigenvalue weighted by molar-refractivity contribution is -0.151.